The smallest absolute Gasteiger partial charge is 0.273 e. The van der Waals surface area contributed by atoms with Crippen molar-refractivity contribution >= 4 is 17.4 Å². The summed E-state index contributed by atoms with van der Waals surface area (Å²) in [6.45, 7) is 0.471. The van der Waals surface area contributed by atoms with Crippen LogP contribution >= 0.6 is 0 Å². The molecule has 4 rings (SSSR count). The van der Waals surface area contributed by atoms with Crippen LogP contribution in [0.3, 0.4) is 0 Å². The third-order valence-corrected chi connectivity index (χ3v) is 4.45. The lowest BCUT2D eigenvalue weighted by atomic mass is 10.1. The van der Waals surface area contributed by atoms with Crippen LogP contribution in [0.25, 0.3) is 17.1 Å². The molecule has 2 aromatic heterocycles. The predicted octanol–water partition coefficient (Wildman–Crippen LogP) is 2.66. The van der Waals surface area contributed by atoms with Crippen LogP contribution in [0, 0.1) is 0 Å². The number of rotatable bonds is 6. The number of nitrogen functional groups attached to an aromatic ring is 2. The molecular weight excluding hydrogens is 368 g/mol. The molecule has 0 unspecified atom stereocenters. The van der Waals surface area contributed by atoms with Gasteiger partial charge in [-0.3, -0.25) is 4.79 Å². The van der Waals surface area contributed by atoms with E-state index in [-0.39, 0.29) is 17.5 Å². The van der Waals surface area contributed by atoms with Gasteiger partial charge in [-0.05, 0) is 36.2 Å². The maximum atomic E-state index is 12.3. The summed E-state index contributed by atoms with van der Waals surface area (Å²) in [6, 6.07) is 17.0. The van der Waals surface area contributed by atoms with Gasteiger partial charge in [0.25, 0.3) is 5.91 Å². The number of aromatic nitrogens is 3. The highest BCUT2D eigenvalue weighted by atomic mass is 16.3. The van der Waals surface area contributed by atoms with E-state index in [0.29, 0.717) is 30.0 Å². The van der Waals surface area contributed by atoms with Gasteiger partial charge in [-0.2, -0.15) is 5.10 Å². The lowest BCUT2D eigenvalue weighted by Gasteiger charge is -2.04. The molecule has 0 radical (unpaired) electrons. The highest BCUT2D eigenvalue weighted by Crippen LogP contribution is 2.27. The Hall–Kier alpha value is -4.07. The molecule has 4 aromatic rings. The first-order chi connectivity index (χ1) is 14.1. The first-order valence-corrected chi connectivity index (χ1v) is 9.09. The molecule has 0 aliphatic carbocycles. The molecule has 146 valence electrons. The molecule has 8 nitrogen and oxygen atoms in total. The molecule has 1 amide bonds. The monoisotopic (exact) mass is 388 g/mol. The van der Waals surface area contributed by atoms with Gasteiger partial charge in [0.1, 0.15) is 12.1 Å². The molecular formula is C21H20N6O2. The highest BCUT2D eigenvalue weighted by Gasteiger charge is 2.18. The molecule has 0 fully saturated rings. The largest absolute Gasteiger partial charge is 0.443 e. The van der Waals surface area contributed by atoms with Gasteiger partial charge in [0.15, 0.2) is 5.69 Å². The Balaban J connectivity index is 1.42. The Morgan fingerprint density at radius 1 is 1.07 bits per heavy atom. The minimum absolute atomic E-state index is 0.184. The number of benzene rings is 2. The van der Waals surface area contributed by atoms with Crippen LogP contribution in [0.1, 0.15) is 16.1 Å². The average molecular weight is 388 g/mol. The van der Waals surface area contributed by atoms with Crippen molar-refractivity contribution in [1.82, 2.24) is 20.1 Å². The van der Waals surface area contributed by atoms with E-state index < -0.39 is 0 Å². The summed E-state index contributed by atoms with van der Waals surface area (Å²) < 4.78 is 7.05. The van der Waals surface area contributed by atoms with Gasteiger partial charge in [-0.25, -0.2) is 9.67 Å². The zero-order chi connectivity index (χ0) is 20.2. The Kier molecular flexibility index (Phi) is 4.98. The molecule has 8 heteroatoms. The Labute approximate surface area is 167 Å². The maximum absolute atomic E-state index is 12.3. The zero-order valence-corrected chi connectivity index (χ0v) is 15.6. The number of carbonyl (C=O) groups excluding carboxylic acids is 1. The first kappa shape index (κ1) is 18.3. The van der Waals surface area contributed by atoms with Gasteiger partial charge < -0.3 is 21.2 Å². The molecule has 2 heterocycles. The number of nitrogens with two attached hydrogens (primary N) is 2. The molecule has 0 aliphatic heterocycles. The molecule has 0 saturated carbocycles. The minimum atomic E-state index is -0.315. The number of hydrogen-bond acceptors (Lipinski definition) is 6. The third kappa shape index (κ3) is 3.96. The number of nitrogens with zero attached hydrogens (tertiary/aromatic N) is 3. The fourth-order valence-corrected chi connectivity index (χ4v) is 2.89. The minimum Gasteiger partial charge on any atom is -0.443 e. The Morgan fingerprint density at radius 3 is 2.59 bits per heavy atom. The molecule has 0 spiro atoms. The van der Waals surface area contributed by atoms with Crippen LogP contribution in [-0.2, 0) is 6.42 Å². The summed E-state index contributed by atoms with van der Waals surface area (Å²) >= 11 is 0. The van der Waals surface area contributed by atoms with Crippen LogP contribution in [0.4, 0.5) is 11.5 Å². The van der Waals surface area contributed by atoms with E-state index in [1.165, 1.54) is 6.26 Å². The molecule has 0 aliphatic rings. The van der Waals surface area contributed by atoms with Crippen molar-refractivity contribution in [2.24, 2.45) is 0 Å². The predicted molar refractivity (Wildman–Crippen MR) is 110 cm³/mol. The Morgan fingerprint density at radius 2 is 1.83 bits per heavy atom. The van der Waals surface area contributed by atoms with E-state index in [4.69, 9.17) is 15.9 Å². The van der Waals surface area contributed by atoms with E-state index >= 15 is 0 Å². The second-order valence-electron chi connectivity index (χ2n) is 6.48. The number of anilines is 2. The van der Waals surface area contributed by atoms with Crippen LogP contribution in [0.2, 0.25) is 0 Å². The van der Waals surface area contributed by atoms with Crippen molar-refractivity contribution in [2.45, 2.75) is 6.42 Å². The topological polar surface area (TPSA) is 125 Å². The lowest BCUT2D eigenvalue weighted by Crippen LogP contribution is -2.25. The second kappa shape index (κ2) is 7.89. The number of para-hydroxylation sites is 1. The third-order valence-electron chi connectivity index (χ3n) is 4.45. The summed E-state index contributed by atoms with van der Waals surface area (Å²) in [7, 11) is 0. The summed E-state index contributed by atoms with van der Waals surface area (Å²) in [6.07, 6.45) is 3.57. The quantitative estimate of drug-likeness (QED) is 0.436. The summed E-state index contributed by atoms with van der Waals surface area (Å²) in [5.41, 5.74) is 15.2. The average Bonchev–Trinajstić information content (AvgIpc) is 3.37. The van der Waals surface area contributed by atoms with Crippen LogP contribution in [-0.4, -0.2) is 27.2 Å². The number of hydrogen-bond donors (Lipinski definition) is 3. The number of amides is 1. The normalized spacial score (nSPS) is 10.8. The molecule has 0 atom stereocenters. The first-order valence-electron chi connectivity index (χ1n) is 9.09. The summed E-state index contributed by atoms with van der Waals surface area (Å²) in [5.74, 6) is 0.311. The van der Waals surface area contributed by atoms with E-state index in [2.05, 4.69) is 15.4 Å². The number of carbonyl (C=O) groups is 1. The van der Waals surface area contributed by atoms with E-state index in [1.54, 1.807) is 10.9 Å². The highest BCUT2D eigenvalue weighted by molar-refractivity contribution is 5.92. The standard InChI is InChI=1S/C21H20N6O2/c22-15-8-6-14(7-9-15)10-11-24-20(28)18-13-29-21(26-18)17-12-25-27(19(17)23)16-4-2-1-3-5-16/h1-9,12-13H,10-11,22-23H2,(H,24,28). The van der Waals surface area contributed by atoms with Crippen molar-refractivity contribution in [1.29, 1.82) is 0 Å². The molecule has 5 N–H and O–H groups in total. The van der Waals surface area contributed by atoms with E-state index in [9.17, 15) is 4.79 Å². The lowest BCUT2D eigenvalue weighted by molar-refractivity contribution is 0.0949. The SMILES string of the molecule is Nc1ccc(CCNC(=O)c2coc(-c3cnn(-c4ccccc4)c3N)n2)cc1. The summed E-state index contributed by atoms with van der Waals surface area (Å²) in [4.78, 5) is 16.6. The van der Waals surface area contributed by atoms with Crippen molar-refractivity contribution in [2.75, 3.05) is 18.0 Å². The zero-order valence-electron chi connectivity index (χ0n) is 15.6. The summed E-state index contributed by atoms with van der Waals surface area (Å²) in [5, 5.41) is 7.12. The van der Waals surface area contributed by atoms with Gasteiger partial charge in [0, 0.05) is 12.2 Å². The van der Waals surface area contributed by atoms with Crippen molar-refractivity contribution in [3.63, 3.8) is 0 Å². The van der Waals surface area contributed by atoms with Gasteiger partial charge in [-0.1, -0.05) is 30.3 Å². The van der Waals surface area contributed by atoms with Gasteiger partial charge in [0.2, 0.25) is 5.89 Å². The van der Waals surface area contributed by atoms with Gasteiger partial charge in [0.05, 0.1) is 17.4 Å². The molecule has 29 heavy (non-hydrogen) atoms. The fraction of sp³-hybridized carbons (Fsp3) is 0.0952. The van der Waals surface area contributed by atoms with Crippen molar-refractivity contribution in [3.8, 4) is 17.1 Å². The maximum Gasteiger partial charge on any atom is 0.273 e. The Bertz CT molecular complexity index is 1120. The molecule has 0 bridgehead atoms. The number of nitrogens with one attached hydrogen (secondary N) is 1. The van der Waals surface area contributed by atoms with Gasteiger partial charge >= 0.3 is 0 Å². The van der Waals surface area contributed by atoms with E-state index in [0.717, 1.165) is 11.3 Å². The van der Waals surface area contributed by atoms with Crippen LogP contribution < -0.4 is 16.8 Å². The fourth-order valence-electron chi connectivity index (χ4n) is 2.89. The van der Waals surface area contributed by atoms with Gasteiger partial charge in [-0.15, -0.1) is 0 Å². The number of oxazole rings is 1. The molecule has 2 aromatic carbocycles. The van der Waals surface area contributed by atoms with Crippen molar-refractivity contribution in [3.05, 3.63) is 78.3 Å². The van der Waals surface area contributed by atoms with Crippen LogP contribution in [0.5, 0.6) is 0 Å². The molecule has 0 saturated heterocycles. The van der Waals surface area contributed by atoms with Crippen molar-refractivity contribution < 1.29 is 9.21 Å². The van der Waals surface area contributed by atoms with Crippen LogP contribution in [0.15, 0.2) is 71.5 Å². The van der Waals surface area contributed by atoms with E-state index in [1.807, 2.05) is 54.6 Å². The second-order valence-corrected chi connectivity index (χ2v) is 6.48.